The van der Waals surface area contributed by atoms with Gasteiger partial charge < -0.3 is 24.4 Å². The van der Waals surface area contributed by atoms with Crippen molar-refractivity contribution in [1.82, 2.24) is 9.80 Å². The number of hydrogen-bond donors (Lipinski definition) is 1. The lowest BCUT2D eigenvalue weighted by Gasteiger charge is -2.36. The number of fused-ring (bicyclic) bond motifs is 1. The normalized spacial score (nSPS) is 30.3. The number of amides is 2. The van der Waals surface area contributed by atoms with E-state index in [-0.39, 0.29) is 31.6 Å². The number of carbonyl (C=O) groups is 3. The number of ether oxygens (including phenoxy) is 2. The van der Waals surface area contributed by atoms with Crippen molar-refractivity contribution < 1.29 is 29.0 Å². The topological polar surface area (TPSA) is 96.4 Å². The standard InChI is InChI=1S/C24H36N2O6/c1-4-7-9-13-25(12-6-3)22(29)20-24-11-10-17(32-24)18(23(30)31-16-8-5-2)19(24)21(28)26(20)14-15-27/h5-6,17-20,27H,2-4,7-16H2,1H3/t17-,18+,19+,20?,24?/m1/s1. The number of nitrogens with zero attached hydrogens (tertiary/aromatic N) is 2. The molecular weight excluding hydrogens is 412 g/mol. The second-order valence-electron chi connectivity index (χ2n) is 8.84. The van der Waals surface area contributed by atoms with Gasteiger partial charge in [0.05, 0.1) is 31.2 Å². The van der Waals surface area contributed by atoms with Crippen LogP contribution in [-0.2, 0) is 23.9 Å². The predicted molar refractivity (Wildman–Crippen MR) is 118 cm³/mol. The number of aliphatic hydroxyl groups is 1. The van der Waals surface area contributed by atoms with Gasteiger partial charge >= 0.3 is 5.97 Å². The zero-order valence-electron chi connectivity index (χ0n) is 19.0. The van der Waals surface area contributed by atoms with Crippen LogP contribution in [-0.4, -0.2) is 83.3 Å². The van der Waals surface area contributed by atoms with E-state index in [1.165, 1.54) is 4.90 Å². The average molecular weight is 449 g/mol. The zero-order chi connectivity index (χ0) is 23.3. The first-order valence-electron chi connectivity index (χ1n) is 11.7. The van der Waals surface area contributed by atoms with Gasteiger partial charge in [-0.2, -0.15) is 0 Å². The van der Waals surface area contributed by atoms with Gasteiger partial charge in [0.15, 0.2) is 0 Å². The maximum atomic E-state index is 13.8. The van der Waals surface area contributed by atoms with Crippen molar-refractivity contribution in [1.29, 1.82) is 0 Å². The molecule has 178 valence electrons. The molecule has 3 rings (SSSR count). The van der Waals surface area contributed by atoms with Crippen LogP contribution in [0.5, 0.6) is 0 Å². The summed E-state index contributed by atoms with van der Waals surface area (Å²) in [5.41, 5.74) is -1.06. The maximum absolute atomic E-state index is 13.8. The van der Waals surface area contributed by atoms with Gasteiger partial charge in [-0.25, -0.2) is 0 Å². The SMILES string of the molecule is C=CCCOC(=O)[C@@H]1[C@H]2C(=O)N(CCO)C(C(=O)N(CC=C)CCCCC)C23CC[C@H]1O3. The summed E-state index contributed by atoms with van der Waals surface area (Å²) in [6, 6.07) is -0.857. The number of esters is 1. The summed E-state index contributed by atoms with van der Waals surface area (Å²) >= 11 is 0. The first-order valence-corrected chi connectivity index (χ1v) is 11.7. The van der Waals surface area contributed by atoms with E-state index in [4.69, 9.17) is 9.47 Å². The molecule has 3 heterocycles. The van der Waals surface area contributed by atoms with E-state index < -0.39 is 35.6 Å². The minimum atomic E-state index is -1.06. The summed E-state index contributed by atoms with van der Waals surface area (Å²) in [5, 5.41) is 9.63. The van der Waals surface area contributed by atoms with Gasteiger partial charge in [-0.15, -0.1) is 13.2 Å². The quantitative estimate of drug-likeness (QED) is 0.262. The Bertz CT molecular complexity index is 740. The molecule has 3 aliphatic heterocycles. The predicted octanol–water partition coefficient (Wildman–Crippen LogP) is 1.68. The van der Waals surface area contributed by atoms with Crippen molar-refractivity contribution in [3.63, 3.8) is 0 Å². The van der Waals surface area contributed by atoms with Gasteiger partial charge in [0.25, 0.3) is 0 Å². The summed E-state index contributed by atoms with van der Waals surface area (Å²) in [6.07, 6.45) is 7.44. The minimum Gasteiger partial charge on any atom is -0.465 e. The van der Waals surface area contributed by atoms with Crippen LogP contribution in [0.1, 0.15) is 45.4 Å². The molecule has 3 saturated heterocycles. The highest BCUT2D eigenvalue weighted by molar-refractivity contribution is 5.98. The van der Waals surface area contributed by atoms with Gasteiger partial charge in [-0.05, 0) is 25.7 Å². The molecule has 0 aliphatic carbocycles. The van der Waals surface area contributed by atoms with Crippen LogP contribution < -0.4 is 0 Å². The van der Waals surface area contributed by atoms with E-state index in [1.54, 1.807) is 17.1 Å². The number of aliphatic hydroxyl groups excluding tert-OH is 1. The number of β-amino-alcohol motifs (C(OH)–C–C–N with tert-alkyl or cyclic N) is 1. The van der Waals surface area contributed by atoms with Crippen molar-refractivity contribution in [3.05, 3.63) is 25.3 Å². The van der Waals surface area contributed by atoms with Crippen LogP contribution in [0.3, 0.4) is 0 Å². The molecule has 8 heteroatoms. The first-order chi connectivity index (χ1) is 15.5. The molecule has 1 spiro atoms. The van der Waals surface area contributed by atoms with Crippen molar-refractivity contribution in [2.24, 2.45) is 11.8 Å². The van der Waals surface area contributed by atoms with E-state index >= 15 is 0 Å². The van der Waals surface area contributed by atoms with Crippen LogP contribution in [0.2, 0.25) is 0 Å². The Labute approximate surface area is 190 Å². The molecule has 5 atom stereocenters. The highest BCUT2D eigenvalue weighted by atomic mass is 16.6. The third kappa shape index (κ3) is 4.22. The maximum Gasteiger partial charge on any atom is 0.312 e. The van der Waals surface area contributed by atoms with Crippen molar-refractivity contribution in [2.75, 3.05) is 32.8 Å². The Morgan fingerprint density at radius 1 is 1.34 bits per heavy atom. The Morgan fingerprint density at radius 2 is 2.12 bits per heavy atom. The Morgan fingerprint density at radius 3 is 2.78 bits per heavy atom. The molecule has 0 saturated carbocycles. The smallest absolute Gasteiger partial charge is 0.312 e. The highest BCUT2D eigenvalue weighted by Gasteiger charge is 2.75. The number of rotatable bonds is 13. The third-order valence-corrected chi connectivity index (χ3v) is 6.91. The third-order valence-electron chi connectivity index (χ3n) is 6.91. The van der Waals surface area contributed by atoms with E-state index in [0.29, 0.717) is 32.4 Å². The largest absolute Gasteiger partial charge is 0.465 e. The monoisotopic (exact) mass is 448 g/mol. The lowest BCUT2D eigenvalue weighted by Crippen LogP contribution is -2.56. The van der Waals surface area contributed by atoms with Crippen molar-refractivity contribution in [3.8, 4) is 0 Å². The second kappa shape index (κ2) is 10.6. The van der Waals surface area contributed by atoms with Crippen LogP contribution in [0.4, 0.5) is 0 Å². The highest BCUT2D eigenvalue weighted by Crippen LogP contribution is 2.58. The lowest BCUT2D eigenvalue weighted by atomic mass is 9.70. The van der Waals surface area contributed by atoms with E-state index in [2.05, 4.69) is 20.1 Å². The van der Waals surface area contributed by atoms with Gasteiger partial charge in [0.1, 0.15) is 11.6 Å². The molecule has 3 fully saturated rings. The Kier molecular flexibility index (Phi) is 8.11. The number of likely N-dealkylation sites (tertiary alicyclic amines) is 1. The van der Waals surface area contributed by atoms with E-state index in [1.807, 2.05) is 0 Å². The molecule has 1 N–H and O–H groups in total. The van der Waals surface area contributed by atoms with Crippen LogP contribution >= 0.6 is 0 Å². The van der Waals surface area contributed by atoms with E-state index in [9.17, 15) is 19.5 Å². The minimum absolute atomic E-state index is 0.0244. The van der Waals surface area contributed by atoms with Gasteiger partial charge in [-0.1, -0.05) is 31.9 Å². The van der Waals surface area contributed by atoms with Crippen LogP contribution in [0, 0.1) is 11.8 Å². The van der Waals surface area contributed by atoms with Gasteiger partial charge in [-0.3, -0.25) is 14.4 Å². The summed E-state index contributed by atoms with van der Waals surface area (Å²) in [4.78, 5) is 43.3. The Hall–Kier alpha value is -2.19. The molecule has 0 radical (unpaired) electrons. The number of hydrogen-bond acceptors (Lipinski definition) is 6. The molecule has 2 bridgehead atoms. The molecule has 2 unspecified atom stereocenters. The molecule has 3 aliphatic rings. The van der Waals surface area contributed by atoms with Crippen LogP contribution in [0.15, 0.2) is 25.3 Å². The molecular formula is C24H36N2O6. The van der Waals surface area contributed by atoms with Gasteiger partial charge in [0.2, 0.25) is 11.8 Å². The van der Waals surface area contributed by atoms with Crippen molar-refractivity contribution >= 4 is 17.8 Å². The molecule has 0 aromatic heterocycles. The first kappa shape index (κ1) is 24.5. The molecule has 8 nitrogen and oxygen atoms in total. The fourth-order valence-electron chi connectivity index (χ4n) is 5.56. The number of unbranched alkanes of at least 4 members (excludes halogenated alkanes) is 2. The fraction of sp³-hybridized carbons (Fsp3) is 0.708. The zero-order valence-corrected chi connectivity index (χ0v) is 19.0. The summed E-state index contributed by atoms with van der Waals surface area (Å²) in [6.45, 7) is 10.4. The fourth-order valence-corrected chi connectivity index (χ4v) is 5.56. The van der Waals surface area contributed by atoms with Crippen molar-refractivity contribution in [2.45, 2.75) is 63.2 Å². The summed E-state index contributed by atoms with van der Waals surface area (Å²) in [5.74, 6) is -2.46. The molecule has 0 aromatic carbocycles. The van der Waals surface area contributed by atoms with Crippen LogP contribution in [0.25, 0.3) is 0 Å². The van der Waals surface area contributed by atoms with Gasteiger partial charge in [0, 0.05) is 19.6 Å². The Balaban J connectivity index is 1.90. The molecule has 0 aromatic rings. The summed E-state index contributed by atoms with van der Waals surface area (Å²) in [7, 11) is 0. The summed E-state index contributed by atoms with van der Waals surface area (Å²) < 4.78 is 11.7. The lowest BCUT2D eigenvalue weighted by molar-refractivity contribution is -0.155. The second-order valence-corrected chi connectivity index (χ2v) is 8.84. The average Bonchev–Trinajstić information content (AvgIpc) is 3.41. The van der Waals surface area contributed by atoms with E-state index in [0.717, 1.165) is 19.3 Å². The molecule has 2 amide bonds. The number of carbonyl (C=O) groups excluding carboxylic acids is 3. The molecule has 32 heavy (non-hydrogen) atoms.